The summed E-state index contributed by atoms with van der Waals surface area (Å²) < 4.78 is 11.9. The van der Waals surface area contributed by atoms with E-state index in [0.29, 0.717) is 6.54 Å². The van der Waals surface area contributed by atoms with Crippen molar-refractivity contribution in [1.29, 1.82) is 0 Å². The molecule has 2 unspecified atom stereocenters. The molecule has 78 valence electrons. The first-order chi connectivity index (χ1) is 6.69. The van der Waals surface area contributed by atoms with Crippen LogP contribution in [-0.2, 0) is 10.8 Å². The average molecular weight is 211 g/mol. The minimum absolute atomic E-state index is 0.0812. The van der Waals surface area contributed by atoms with Gasteiger partial charge in [0.1, 0.15) is 0 Å². The lowest BCUT2D eigenvalue weighted by molar-refractivity contribution is 0.664. The second-order valence-corrected chi connectivity index (χ2v) is 5.11. The summed E-state index contributed by atoms with van der Waals surface area (Å²) in [6, 6.07) is 7.81. The van der Waals surface area contributed by atoms with Crippen molar-refractivity contribution in [1.82, 2.24) is 0 Å². The van der Waals surface area contributed by atoms with Crippen LogP contribution < -0.4 is 5.73 Å². The van der Waals surface area contributed by atoms with Gasteiger partial charge in [0, 0.05) is 11.4 Å². The molecule has 1 rings (SSSR count). The molecule has 0 saturated carbocycles. The van der Waals surface area contributed by atoms with Crippen molar-refractivity contribution in [3.8, 4) is 0 Å². The molecular weight excluding hydrogens is 194 g/mol. The molecule has 0 aliphatic heterocycles. The van der Waals surface area contributed by atoms with Gasteiger partial charge in [-0.1, -0.05) is 24.6 Å². The third-order valence-electron chi connectivity index (χ3n) is 2.27. The summed E-state index contributed by atoms with van der Waals surface area (Å²) in [7, 11) is -0.955. The standard InChI is InChI=1S/C11H17NOS/c1-3-10(8-12)14(13)11-6-4-9(2)5-7-11/h4-7,10H,3,8,12H2,1-2H3. The maximum atomic E-state index is 11.9. The van der Waals surface area contributed by atoms with Gasteiger partial charge in [-0.25, -0.2) is 0 Å². The monoisotopic (exact) mass is 211 g/mol. The Bertz CT molecular complexity index is 304. The van der Waals surface area contributed by atoms with E-state index in [0.717, 1.165) is 11.3 Å². The van der Waals surface area contributed by atoms with Crippen molar-refractivity contribution in [3.05, 3.63) is 29.8 Å². The molecule has 1 aromatic rings. The fourth-order valence-corrected chi connectivity index (χ4v) is 2.54. The molecule has 0 spiro atoms. The summed E-state index contributed by atoms with van der Waals surface area (Å²) in [6.45, 7) is 4.52. The molecule has 0 radical (unpaired) electrons. The van der Waals surface area contributed by atoms with E-state index in [4.69, 9.17) is 5.73 Å². The van der Waals surface area contributed by atoms with E-state index in [1.807, 2.05) is 38.1 Å². The molecule has 3 heteroatoms. The molecule has 0 amide bonds. The Kier molecular flexibility index (Phi) is 4.29. The maximum absolute atomic E-state index is 11.9. The van der Waals surface area contributed by atoms with Crippen molar-refractivity contribution < 1.29 is 4.21 Å². The van der Waals surface area contributed by atoms with Gasteiger partial charge >= 0.3 is 0 Å². The minimum Gasteiger partial charge on any atom is -0.329 e. The second-order valence-electron chi connectivity index (χ2n) is 3.38. The lowest BCUT2D eigenvalue weighted by Crippen LogP contribution is -2.24. The van der Waals surface area contributed by atoms with Crippen LogP contribution in [0.3, 0.4) is 0 Å². The third kappa shape index (κ3) is 2.66. The van der Waals surface area contributed by atoms with Gasteiger partial charge in [0.25, 0.3) is 0 Å². The maximum Gasteiger partial charge on any atom is 0.0573 e. The fourth-order valence-electron chi connectivity index (χ4n) is 1.27. The summed E-state index contributed by atoms with van der Waals surface area (Å²) in [5, 5.41) is 0.0812. The summed E-state index contributed by atoms with van der Waals surface area (Å²) in [5.41, 5.74) is 6.75. The molecule has 0 aromatic heterocycles. The van der Waals surface area contributed by atoms with Crippen molar-refractivity contribution in [2.45, 2.75) is 30.4 Å². The Labute approximate surface area is 88.0 Å². The highest BCUT2D eigenvalue weighted by atomic mass is 32.2. The van der Waals surface area contributed by atoms with Gasteiger partial charge < -0.3 is 5.73 Å². The lowest BCUT2D eigenvalue weighted by atomic mass is 10.2. The van der Waals surface area contributed by atoms with Gasteiger partial charge in [-0.05, 0) is 25.5 Å². The van der Waals surface area contributed by atoms with Gasteiger partial charge in [0.2, 0.25) is 0 Å². The van der Waals surface area contributed by atoms with Gasteiger partial charge in [-0.15, -0.1) is 0 Å². The molecule has 0 aliphatic carbocycles. The summed E-state index contributed by atoms with van der Waals surface area (Å²) in [6.07, 6.45) is 0.858. The molecule has 2 N–H and O–H groups in total. The lowest BCUT2D eigenvalue weighted by Gasteiger charge is -2.11. The molecule has 0 heterocycles. The Morgan fingerprint density at radius 3 is 2.36 bits per heavy atom. The Balaban J connectivity index is 2.83. The summed E-state index contributed by atoms with van der Waals surface area (Å²) in [5.74, 6) is 0. The number of nitrogens with two attached hydrogens (primary N) is 1. The predicted molar refractivity (Wildman–Crippen MR) is 60.7 cm³/mol. The smallest absolute Gasteiger partial charge is 0.0573 e. The van der Waals surface area contributed by atoms with Gasteiger partial charge in [-0.2, -0.15) is 0 Å². The quantitative estimate of drug-likeness (QED) is 0.825. The minimum atomic E-state index is -0.955. The molecule has 14 heavy (non-hydrogen) atoms. The first-order valence-electron chi connectivity index (χ1n) is 4.86. The molecule has 1 aromatic carbocycles. The zero-order valence-electron chi connectivity index (χ0n) is 8.69. The summed E-state index contributed by atoms with van der Waals surface area (Å²) in [4.78, 5) is 0.882. The van der Waals surface area contributed by atoms with Gasteiger partial charge in [0.15, 0.2) is 0 Å². The fraction of sp³-hybridized carbons (Fsp3) is 0.455. The largest absolute Gasteiger partial charge is 0.329 e. The number of hydrogen-bond acceptors (Lipinski definition) is 2. The van der Waals surface area contributed by atoms with Crippen molar-refractivity contribution in [3.63, 3.8) is 0 Å². The van der Waals surface area contributed by atoms with Crippen LogP contribution in [0.4, 0.5) is 0 Å². The Hall–Kier alpha value is -0.670. The number of rotatable bonds is 4. The van der Waals surface area contributed by atoms with E-state index in [1.165, 1.54) is 5.56 Å². The zero-order valence-corrected chi connectivity index (χ0v) is 9.51. The van der Waals surface area contributed by atoms with Gasteiger partial charge in [-0.3, -0.25) is 4.21 Å². The molecule has 0 fully saturated rings. The Morgan fingerprint density at radius 1 is 1.36 bits per heavy atom. The zero-order chi connectivity index (χ0) is 10.6. The molecule has 0 aliphatic rings. The molecule has 2 atom stereocenters. The van der Waals surface area contributed by atoms with Crippen LogP contribution in [0.5, 0.6) is 0 Å². The Morgan fingerprint density at radius 2 is 1.93 bits per heavy atom. The van der Waals surface area contributed by atoms with Crippen LogP contribution in [-0.4, -0.2) is 16.0 Å². The highest BCUT2D eigenvalue weighted by Crippen LogP contribution is 2.13. The highest BCUT2D eigenvalue weighted by molar-refractivity contribution is 7.85. The topological polar surface area (TPSA) is 43.1 Å². The first-order valence-corrected chi connectivity index (χ1v) is 6.07. The van der Waals surface area contributed by atoms with Crippen molar-refractivity contribution in [2.24, 2.45) is 5.73 Å². The number of hydrogen-bond donors (Lipinski definition) is 1. The van der Waals surface area contributed by atoms with E-state index >= 15 is 0 Å². The first kappa shape index (κ1) is 11.4. The van der Waals surface area contributed by atoms with Crippen molar-refractivity contribution in [2.75, 3.05) is 6.54 Å². The van der Waals surface area contributed by atoms with E-state index in [2.05, 4.69) is 0 Å². The molecule has 0 bridgehead atoms. The van der Waals surface area contributed by atoms with Crippen LogP contribution in [0.1, 0.15) is 18.9 Å². The van der Waals surface area contributed by atoms with Crippen LogP contribution in [0, 0.1) is 6.92 Å². The normalized spacial score (nSPS) is 15.1. The average Bonchev–Trinajstić information content (AvgIpc) is 2.20. The molecular formula is C11H17NOS. The van der Waals surface area contributed by atoms with E-state index in [9.17, 15) is 4.21 Å². The highest BCUT2D eigenvalue weighted by Gasteiger charge is 2.14. The van der Waals surface area contributed by atoms with Crippen LogP contribution in [0.2, 0.25) is 0 Å². The predicted octanol–water partition coefficient (Wildman–Crippen LogP) is 1.84. The van der Waals surface area contributed by atoms with E-state index in [1.54, 1.807) is 0 Å². The summed E-state index contributed by atoms with van der Waals surface area (Å²) >= 11 is 0. The van der Waals surface area contributed by atoms with E-state index < -0.39 is 10.8 Å². The van der Waals surface area contributed by atoms with Gasteiger partial charge in [0.05, 0.1) is 16.0 Å². The molecule has 0 saturated heterocycles. The van der Waals surface area contributed by atoms with Crippen molar-refractivity contribution >= 4 is 10.8 Å². The van der Waals surface area contributed by atoms with Crippen LogP contribution in [0.25, 0.3) is 0 Å². The van der Waals surface area contributed by atoms with Crippen LogP contribution >= 0.6 is 0 Å². The number of aryl methyl sites for hydroxylation is 1. The molecule has 2 nitrogen and oxygen atoms in total. The second kappa shape index (κ2) is 5.27. The van der Waals surface area contributed by atoms with E-state index in [-0.39, 0.29) is 5.25 Å². The third-order valence-corrected chi connectivity index (χ3v) is 4.14. The SMILES string of the molecule is CCC(CN)S(=O)c1ccc(C)cc1. The van der Waals surface area contributed by atoms with Crippen LogP contribution in [0.15, 0.2) is 29.2 Å². The number of benzene rings is 1.